The highest BCUT2D eigenvalue weighted by Crippen LogP contribution is 2.34. The van der Waals surface area contributed by atoms with E-state index in [1.807, 2.05) is 45.9 Å². The van der Waals surface area contributed by atoms with Crippen molar-refractivity contribution < 1.29 is 27.9 Å². The Morgan fingerprint density at radius 1 is 1.11 bits per heavy atom. The Balaban J connectivity index is 1.81. The van der Waals surface area contributed by atoms with E-state index in [-0.39, 0.29) is 36.6 Å². The molecule has 3 heterocycles. The maximum absolute atomic E-state index is 14.0. The molecule has 1 amide bonds. The Labute approximate surface area is 264 Å². The minimum absolute atomic E-state index is 0.00425. The summed E-state index contributed by atoms with van der Waals surface area (Å²) in [6.45, 7) is 7.83. The van der Waals surface area contributed by atoms with Crippen LogP contribution >= 0.6 is 0 Å². The van der Waals surface area contributed by atoms with E-state index in [0.717, 1.165) is 27.5 Å². The van der Waals surface area contributed by atoms with Crippen LogP contribution in [0, 0.1) is 19.8 Å². The highest BCUT2D eigenvalue weighted by molar-refractivity contribution is 5.83. The van der Waals surface area contributed by atoms with Gasteiger partial charge in [0.1, 0.15) is 6.04 Å². The molecule has 4 rings (SSSR count). The normalized spacial score (nSPS) is 13.4. The summed E-state index contributed by atoms with van der Waals surface area (Å²) in [4.78, 5) is 45.4. The molecule has 1 aromatic carbocycles. The van der Waals surface area contributed by atoms with Crippen LogP contribution in [0.2, 0.25) is 0 Å². The summed E-state index contributed by atoms with van der Waals surface area (Å²) in [5.41, 5.74) is 2.16. The van der Waals surface area contributed by atoms with Crippen molar-refractivity contribution >= 4 is 17.5 Å². The molecule has 0 aliphatic carbocycles. The number of carbonyl (C=O) groups excluding carboxylic acids is 1. The summed E-state index contributed by atoms with van der Waals surface area (Å²) in [7, 11) is 3.45. The number of fused-ring (bicyclic) bond motifs is 1. The molecule has 0 fully saturated rings. The van der Waals surface area contributed by atoms with E-state index >= 15 is 0 Å². The van der Waals surface area contributed by atoms with Gasteiger partial charge in [0.05, 0.1) is 23.7 Å². The lowest BCUT2D eigenvalue weighted by Crippen LogP contribution is -2.41. The van der Waals surface area contributed by atoms with E-state index < -0.39 is 47.7 Å². The zero-order chi connectivity index (χ0) is 33.9. The monoisotopic (exact) mass is 640 g/mol. The number of nitrogens with zero attached hydrogens (tertiary/aromatic N) is 5. The molecule has 2 N–H and O–H groups in total. The number of aryl methyl sites for hydroxylation is 2. The Morgan fingerprint density at radius 2 is 1.78 bits per heavy atom. The highest BCUT2D eigenvalue weighted by atomic mass is 19.4. The van der Waals surface area contributed by atoms with Crippen LogP contribution in [-0.4, -0.2) is 61.7 Å². The lowest BCUT2D eigenvalue weighted by atomic mass is 9.95. The van der Waals surface area contributed by atoms with E-state index in [2.05, 4.69) is 15.4 Å². The number of carboxylic acids is 1. The third-order valence-electron chi connectivity index (χ3n) is 7.81. The predicted octanol–water partition coefficient (Wildman–Crippen LogP) is 5.22. The van der Waals surface area contributed by atoms with Crippen molar-refractivity contribution in [1.82, 2.24) is 29.4 Å². The molecular weight excluding hydrogens is 601 g/mol. The van der Waals surface area contributed by atoms with Crippen molar-refractivity contribution in [3.05, 3.63) is 87.2 Å². The van der Waals surface area contributed by atoms with Crippen LogP contribution < -0.4 is 10.9 Å². The quantitative estimate of drug-likeness (QED) is 0.218. The molecule has 0 bridgehead atoms. The molecular formula is C33H39F3N6O4. The molecule has 246 valence electrons. The average molecular weight is 641 g/mol. The third kappa shape index (κ3) is 7.82. The van der Waals surface area contributed by atoms with Crippen molar-refractivity contribution in [3.8, 4) is 11.1 Å². The number of amides is 1. The number of halogens is 3. The molecule has 4 aromatic rings. The van der Waals surface area contributed by atoms with Crippen molar-refractivity contribution in [2.24, 2.45) is 5.92 Å². The van der Waals surface area contributed by atoms with E-state index in [1.165, 1.54) is 4.52 Å². The first-order valence-corrected chi connectivity index (χ1v) is 15.0. The number of hydrogen-bond donors (Lipinski definition) is 2. The largest absolute Gasteiger partial charge is 0.481 e. The molecule has 0 saturated carbocycles. The van der Waals surface area contributed by atoms with Crippen LogP contribution in [0.5, 0.6) is 0 Å². The van der Waals surface area contributed by atoms with E-state index in [0.29, 0.717) is 17.3 Å². The van der Waals surface area contributed by atoms with Crippen molar-refractivity contribution in [2.45, 2.75) is 65.2 Å². The van der Waals surface area contributed by atoms with E-state index in [4.69, 9.17) is 0 Å². The summed E-state index contributed by atoms with van der Waals surface area (Å²) in [6, 6.07) is 5.72. The van der Waals surface area contributed by atoms with Gasteiger partial charge in [0.25, 0.3) is 5.56 Å². The Hall–Kier alpha value is -4.52. The summed E-state index contributed by atoms with van der Waals surface area (Å²) in [5, 5.41) is 17.2. The molecule has 0 spiro atoms. The fourth-order valence-electron chi connectivity index (χ4n) is 5.64. The van der Waals surface area contributed by atoms with Crippen LogP contribution in [0.3, 0.4) is 0 Å². The minimum atomic E-state index is -4.76. The van der Waals surface area contributed by atoms with Gasteiger partial charge in [-0.25, -0.2) is 9.50 Å². The van der Waals surface area contributed by atoms with Gasteiger partial charge >= 0.3 is 12.1 Å². The van der Waals surface area contributed by atoms with E-state index in [1.54, 1.807) is 37.5 Å². The van der Waals surface area contributed by atoms with Crippen molar-refractivity contribution in [2.75, 3.05) is 20.6 Å². The predicted molar refractivity (Wildman–Crippen MR) is 167 cm³/mol. The number of rotatable bonds is 12. The number of hydrogen-bond acceptors (Lipinski definition) is 6. The fraction of sp³-hybridized carbons (Fsp3) is 0.424. The van der Waals surface area contributed by atoms with Gasteiger partial charge in [-0.3, -0.25) is 14.4 Å². The topological polar surface area (TPSA) is 122 Å². The molecule has 46 heavy (non-hydrogen) atoms. The van der Waals surface area contributed by atoms with Gasteiger partial charge in [0.2, 0.25) is 5.91 Å². The Bertz CT molecular complexity index is 1770. The second kappa shape index (κ2) is 13.9. The molecule has 0 unspecified atom stereocenters. The smallest absolute Gasteiger partial charge is 0.416 e. The number of aromatic nitrogens is 4. The number of benzene rings is 1. The lowest BCUT2D eigenvalue weighted by Gasteiger charge is -2.26. The Morgan fingerprint density at radius 3 is 2.37 bits per heavy atom. The van der Waals surface area contributed by atoms with Crippen LogP contribution in [0.15, 0.2) is 53.7 Å². The maximum atomic E-state index is 14.0. The van der Waals surface area contributed by atoms with Gasteiger partial charge in [-0.2, -0.15) is 18.3 Å². The summed E-state index contributed by atoms with van der Waals surface area (Å²) in [6.07, 6.45) is -0.877. The molecule has 10 nitrogen and oxygen atoms in total. The zero-order valence-corrected chi connectivity index (χ0v) is 26.7. The zero-order valence-electron chi connectivity index (χ0n) is 26.7. The number of imidazole rings is 1. The number of pyridine rings is 1. The summed E-state index contributed by atoms with van der Waals surface area (Å²) < 4.78 is 44.3. The minimum Gasteiger partial charge on any atom is -0.481 e. The number of likely N-dealkylation sites (N-methyl/N-ethyl adjacent to an activating group) is 1. The second-order valence-corrected chi connectivity index (χ2v) is 12.3. The number of nitrogens with one attached hydrogen (secondary N) is 1. The van der Waals surface area contributed by atoms with Gasteiger partial charge in [-0.15, -0.1) is 0 Å². The van der Waals surface area contributed by atoms with Gasteiger partial charge in [-0.05, 0) is 75.0 Å². The number of carboxylic acid groups (broad SMARTS) is 1. The first-order valence-electron chi connectivity index (χ1n) is 15.0. The third-order valence-corrected chi connectivity index (χ3v) is 7.81. The molecule has 13 heteroatoms. The average Bonchev–Trinajstić information content (AvgIpc) is 3.43. The van der Waals surface area contributed by atoms with Gasteiger partial charge in [-0.1, -0.05) is 32.0 Å². The SMILES string of the molecule is Cc1cccc(C)c1-c1cc([C@@H](CC(=O)O)NC(=O)[C@@H](CC(C)C)n2cc(CCN(C)C)c(C(F)(F)F)cc2=O)nn2ccnc12. The van der Waals surface area contributed by atoms with Crippen LogP contribution in [0.4, 0.5) is 13.2 Å². The number of aliphatic carboxylic acids is 1. The first-order chi connectivity index (χ1) is 21.6. The van der Waals surface area contributed by atoms with Crippen LogP contribution in [0.25, 0.3) is 16.8 Å². The molecule has 3 aromatic heterocycles. The lowest BCUT2D eigenvalue weighted by molar-refractivity contribution is -0.139. The number of carbonyl (C=O) groups is 2. The molecule has 0 saturated heterocycles. The fourth-order valence-corrected chi connectivity index (χ4v) is 5.64. The van der Waals surface area contributed by atoms with Gasteiger partial charge in [0, 0.05) is 36.8 Å². The summed E-state index contributed by atoms with van der Waals surface area (Å²) in [5.74, 6) is -2.05. The highest BCUT2D eigenvalue weighted by Gasteiger charge is 2.36. The van der Waals surface area contributed by atoms with E-state index in [9.17, 15) is 32.7 Å². The van der Waals surface area contributed by atoms with Crippen LogP contribution in [0.1, 0.15) is 66.7 Å². The molecule has 0 aliphatic heterocycles. The van der Waals surface area contributed by atoms with Gasteiger partial charge < -0.3 is 19.9 Å². The molecule has 2 atom stereocenters. The molecule has 0 aliphatic rings. The van der Waals surface area contributed by atoms with Crippen molar-refractivity contribution in [1.29, 1.82) is 0 Å². The number of alkyl halides is 3. The van der Waals surface area contributed by atoms with Gasteiger partial charge in [0.15, 0.2) is 5.65 Å². The molecule has 0 radical (unpaired) electrons. The van der Waals surface area contributed by atoms with Crippen LogP contribution in [-0.2, 0) is 22.2 Å². The maximum Gasteiger partial charge on any atom is 0.416 e. The Kier molecular flexibility index (Phi) is 10.3. The summed E-state index contributed by atoms with van der Waals surface area (Å²) >= 11 is 0. The van der Waals surface area contributed by atoms with Crippen molar-refractivity contribution in [3.63, 3.8) is 0 Å². The first kappa shape index (κ1) is 34.4. The standard InChI is InChI=1S/C33H39F3N6O4/c1-19(2)14-27(41-18-22(10-12-40(5)6)24(16-28(41)43)33(34,35)36)32(46)38-25(17-29(44)45)26-15-23(31-37-11-13-42(31)39-26)30-20(3)8-7-9-21(30)4/h7-9,11,13,15-16,18-19,25,27H,10,12,14,17H2,1-6H3,(H,38,46)(H,44,45)/t25-,27-/m1/s1. The second-order valence-electron chi connectivity index (χ2n) is 12.3.